The van der Waals surface area contributed by atoms with Crippen LogP contribution in [0, 0.1) is 12.7 Å². The highest BCUT2D eigenvalue weighted by Gasteiger charge is 2.13. The number of benzene rings is 2. The quantitative estimate of drug-likeness (QED) is 0.568. The fourth-order valence-electron chi connectivity index (χ4n) is 2.51. The van der Waals surface area contributed by atoms with E-state index in [1.54, 1.807) is 60.3 Å². The lowest BCUT2D eigenvalue weighted by atomic mass is 10.0. The number of hydrogen-bond donors (Lipinski definition) is 1. The molecule has 0 spiro atoms. The zero-order valence-electron chi connectivity index (χ0n) is 14.3. The molecule has 5 heteroatoms. The summed E-state index contributed by atoms with van der Waals surface area (Å²) in [5.41, 5.74) is 2.10. The monoisotopic (exact) mass is 349 g/mol. The van der Waals surface area contributed by atoms with E-state index in [-0.39, 0.29) is 24.1 Å². The van der Waals surface area contributed by atoms with Crippen molar-refractivity contribution in [3.63, 3.8) is 0 Å². The fraction of sp³-hybridized carbons (Fsp3) is 0.0952. The molecule has 0 aliphatic rings. The Labute approximate surface area is 150 Å². The van der Waals surface area contributed by atoms with E-state index in [0.29, 0.717) is 22.4 Å². The Hall–Kier alpha value is -3.34. The number of carbonyl (C=O) groups is 2. The molecule has 0 fully saturated rings. The van der Waals surface area contributed by atoms with Gasteiger partial charge in [0.05, 0.1) is 0 Å². The first kappa shape index (κ1) is 17.5. The molecule has 0 saturated carbocycles. The van der Waals surface area contributed by atoms with Crippen LogP contribution in [0.4, 0.5) is 10.1 Å². The number of nitrogens with zero attached hydrogens (tertiary/aromatic N) is 1. The van der Waals surface area contributed by atoms with Gasteiger partial charge in [0.1, 0.15) is 5.82 Å². The summed E-state index contributed by atoms with van der Waals surface area (Å²) in [5, 5.41) is 2.65. The van der Waals surface area contributed by atoms with E-state index in [0.717, 1.165) is 0 Å². The van der Waals surface area contributed by atoms with Crippen LogP contribution < -0.4 is 9.88 Å². The normalized spacial score (nSPS) is 10.4. The molecule has 1 amide bonds. The Balaban J connectivity index is 1.64. The minimum Gasteiger partial charge on any atom is -0.320 e. The number of hydrogen-bond acceptors (Lipinski definition) is 2. The van der Waals surface area contributed by atoms with E-state index >= 15 is 0 Å². The molecule has 0 aliphatic heterocycles. The molecule has 0 saturated heterocycles. The van der Waals surface area contributed by atoms with Crippen LogP contribution >= 0.6 is 0 Å². The van der Waals surface area contributed by atoms with Crippen molar-refractivity contribution < 1.29 is 18.5 Å². The highest BCUT2D eigenvalue weighted by atomic mass is 19.1. The molecule has 4 nitrogen and oxygen atoms in total. The third kappa shape index (κ3) is 4.19. The van der Waals surface area contributed by atoms with Crippen molar-refractivity contribution in [1.29, 1.82) is 0 Å². The molecule has 0 atom stereocenters. The summed E-state index contributed by atoms with van der Waals surface area (Å²) >= 11 is 0. The maximum Gasteiger partial charge on any atom is 0.290 e. The molecule has 0 radical (unpaired) electrons. The number of nitrogens with one attached hydrogen (secondary N) is 1. The summed E-state index contributed by atoms with van der Waals surface area (Å²) in [6, 6.07) is 16.9. The minimum atomic E-state index is -0.362. The second-order valence-electron chi connectivity index (χ2n) is 5.97. The Morgan fingerprint density at radius 2 is 1.62 bits per heavy atom. The van der Waals surface area contributed by atoms with Crippen molar-refractivity contribution in [3.8, 4) is 0 Å². The van der Waals surface area contributed by atoms with E-state index in [4.69, 9.17) is 0 Å². The van der Waals surface area contributed by atoms with Gasteiger partial charge in [-0.15, -0.1) is 0 Å². The minimum absolute atomic E-state index is 0.0648. The van der Waals surface area contributed by atoms with Crippen LogP contribution in [0.15, 0.2) is 73.1 Å². The fourth-order valence-corrected chi connectivity index (χ4v) is 2.51. The second kappa shape index (κ2) is 7.70. The second-order valence-corrected chi connectivity index (χ2v) is 5.97. The molecule has 0 unspecified atom stereocenters. The van der Waals surface area contributed by atoms with Gasteiger partial charge in [-0.1, -0.05) is 36.4 Å². The summed E-state index contributed by atoms with van der Waals surface area (Å²) in [7, 11) is 0. The number of halogens is 1. The number of pyridine rings is 1. The summed E-state index contributed by atoms with van der Waals surface area (Å²) in [6.07, 6.45) is 3.34. The van der Waals surface area contributed by atoms with Crippen molar-refractivity contribution in [3.05, 3.63) is 95.6 Å². The van der Waals surface area contributed by atoms with Crippen molar-refractivity contribution in [1.82, 2.24) is 0 Å². The number of aromatic nitrogens is 1. The van der Waals surface area contributed by atoms with Gasteiger partial charge in [0.15, 0.2) is 18.2 Å². The van der Waals surface area contributed by atoms with Crippen LogP contribution in [0.2, 0.25) is 0 Å². The largest absolute Gasteiger partial charge is 0.320 e. The zero-order valence-corrected chi connectivity index (χ0v) is 14.3. The molecule has 26 heavy (non-hydrogen) atoms. The maximum absolute atomic E-state index is 13.5. The summed E-state index contributed by atoms with van der Waals surface area (Å²) in [6.45, 7) is 1.73. The molecular formula is C21H18FN2O2+. The highest BCUT2D eigenvalue weighted by Crippen LogP contribution is 2.13. The Morgan fingerprint density at radius 1 is 0.962 bits per heavy atom. The lowest BCUT2D eigenvalue weighted by Gasteiger charge is -2.05. The first-order valence-electron chi connectivity index (χ1n) is 8.18. The van der Waals surface area contributed by atoms with Gasteiger partial charge in [-0.05, 0) is 24.6 Å². The summed E-state index contributed by atoms with van der Waals surface area (Å²) in [4.78, 5) is 24.5. The van der Waals surface area contributed by atoms with Gasteiger partial charge in [0.2, 0.25) is 6.54 Å². The average Bonchev–Trinajstić information content (AvgIpc) is 2.65. The molecule has 0 bridgehead atoms. The number of rotatable bonds is 5. The molecule has 3 aromatic rings. The molecule has 1 aromatic heterocycles. The van der Waals surface area contributed by atoms with Crippen LogP contribution in [0.3, 0.4) is 0 Å². The van der Waals surface area contributed by atoms with Crippen LogP contribution in [0.5, 0.6) is 0 Å². The number of aryl methyl sites for hydroxylation is 1. The van der Waals surface area contributed by atoms with E-state index in [9.17, 15) is 14.0 Å². The van der Waals surface area contributed by atoms with E-state index in [2.05, 4.69) is 5.32 Å². The van der Waals surface area contributed by atoms with Crippen molar-refractivity contribution in [2.75, 3.05) is 5.32 Å². The van der Waals surface area contributed by atoms with Gasteiger partial charge < -0.3 is 5.32 Å². The number of ketones is 1. The molecule has 1 N–H and O–H groups in total. The number of anilines is 1. The predicted octanol–water partition coefficient (Wildman–Crippen LogP) is 3.29. The third-order valence-corrected chi connectivity index (χ3v) is 3.97. The van der Waals surface area contributed by atoms with E-state index in [1.165, 1.54) is 6.07 Å². The molecule has 1 heterocycles. The molecule has 0 aliphatic carbocycles. The zero-order chi connectivity index (χ0) is 18.5. The Kier molecular flexibility index (Phi) is 5.17. The summed E-state index contributed by atoms with van der Waals surface area (Å²) < 4.78 is 15.2. The lowest BCUT2D eigenvalue weighted by molar-refractivity contribution is -0.684. The smallest absolute Gasteiger partial charge is 0.290 e. The van der Waals surface area contributed by atoms with Gasteiger partial charge in [-0.25, -0.2) is 4.39 Å². The van der Waals surface area contributed by atoms with Crippen LogP contribution in [0.1, 0.15) is 21.5 Å². The van der Waals surface area contributed by atoms with Crippen molar-refractivity contribution >= 4 is 17.4 Å². The Morgan fingerprint density at radius 3 is 2.27 bits per heavy atom. The average molecular weight is 349 g/mol. The highest BCUT2D eigenvalue weighted by molar-refractivity contribution is 6.08. The molecular weight excluding hydrogens is 331 g/mol. The van der Waals surface area contributed by atoms with Gasteiger partial charge in [-0.2, -0.15) is 4.57 Å². The van der Waals surface area contributed by atoms with Crippen molar-refractivity contribution in [2.24, 2.45) is 0 Å². The first-order chi connectivity index (χ1) is 12.5. The Bertz CT molecular complexity index is 938. The predicted molar refractivity (Wildman–Crippen MR) is 96.3 cm³/mol. The standard InChI is InChI=1S/C21H17FN2O2/c1-15-7-8-18(13-19(15)22)23-20(25)14-24-11-9-17(10-12-24)21(26)16-5-3-2-4-6-16/h2-13H,14H2,1H3/p+1. The first-order valence-corrected chi connectivity index (χ1v) is 8.18. The van der Waals surface area contributed by atoms with Crippen molar-refractivity contribution in [2.45, 2.75) is 13.5 Å². The summed E-state index contributed by atoms with van der Waals surface area (Å²) in [5.74, 6) is -0.711. The van der Waals surface area contributed by atoms with Crippen LogP contribution in [-0.2, 0) is 11.3 Å². The van der Waals surface area contributed by atoms with Gasteiger partial charge in [-0.3, -0.25) is 9.59 Å². The lowest BCUT2D eigenvalue weighted by Crippen LogP contribution is -2.39. The number of carbonyl (C=O) groups excluding carboxylic acids is 2. The SMILES string of the molecule is Cc1ccc(NC(=O)C[n+]2ccc(C(=O)c3ccccc3)cc2)cc1F. The maximum atomic E-state index is 13.5. The van der Waals surface area contributed by atoms with Gasteiger partial charge in [0, 0.05) is 28.9 Å². The van der Waals surface area contributed by atoms with Crippen LogP contribution in [-0.4, -0.2) is 11.7 Å². The molecule has 130 valence electrons. The van der Waals surface area contributed by atoms with E-state index in [1.807, 2.05) is 18.2 Å². The van der Waals surface area contributed by atoms with Gasteiger partial charge >= 0.3 is 0 Å². The third-order valence-electron chi connectivity index (χ3n) is 3.97. The molecule has 2 aromatic carbocycles. The topological polar surface area (TPSA) is 50.1 Å². The molecule has 3 rings (SSSR count). The van der Waals surface area contributed by atoms with Gasteiger partial charge in [0.25, 0.3) is 5.91 Å². The van der Waals surface area contributed by atoms with Crippen LogP contribution in [0.25, 0.3) is 0 Å². The van der Waals surface area contributed by atoms with E-state index < -0.39 is 0 Å². The number of amides is 1.